The van der Waals surface area contributed by atoms with Gasteiger partial charge in [0.2, 0.25) is 0 Å². The molecule has 1 aliphatic heterocycles. The van der Waals surface area contributed by atoms with Gasteiger partial charge < -0.3 is 19.7 Å². The summed E-state index contributed by atoms with van der Waals surface area (Å²) in [4.78, 5) is 18.3. The Kier molecular flexibility index (Phi) is 4.76. The Bertz CT molecular complexity index is 747. The van der Waals surface area contributed by atoms with E-state index in [1.807, 2.05) is 25.1 Å². The SMILES string of the molecule is CN(C)c1ccc(C(=O)NCc2cc(Cl)c3c(c2)OCCO3)cn1. The first-order valence-corrected chi connectivity index (χ1v) is 7.92. The Labute approximate surface area is 145 Å². The van der Waals surface area contributed by atoms with Crippen LogP contribution in [0.5, 0.6) is 11.5 Å². The summed E-state index contributed by atoms with van der Waals surface area (Å²) in [6.07, 6.45) is 1.56. The molecule has 2 aromatic rings. The summed E-state index contributed by atoms with van der Waals surface area (Å²) in [5.41, 5.74) is 1.35. The fourth-order valence-electron chi connectivity index (χ4n) is 2.34. The van der Waals surface area contributed by atoms with Crippen LogP contribution in [-0.4, -0.2) is 38.2 Å². The van der Waals surface area contributed by atoms with E-state index in [2.05, 4.69) is 10.3 Å². The van der Waals surface area contributed by atoms with Crippen molar-refractivity contribution in [2.75, 3.05) is 32.2 Å². The van der Waals surface area contributed by atoms with Gasteiger partial charge in [0.15, 0.2) is 11.5 Å². The molecule has 6 nitrogen and oxygen atoms in total. The van der Waals surface area contributed by atoms with Crippen LogP contribution in [0.1, 0.15) is 15.9 Å². The summed E-state index contributed by atoms with van der Waals surface area (Å²) >= 11 is 6.19. The van der Waals surface area contributed by atoms with Crippen molar-refractivity contribution in [1.29, 1.82) is 0 Å². The zero-order valence-electron chi connectivity index (χ0n) is 13.5. The number of anilines is 1. The van der Waals surface area contributed by atoms with Gasteiger partial charge in [-0.2, -0.15) is 0 Å². The standard InChI is InChI=1S/C17H18ClN3O3/c1-21(2)15-4-3-12(10-19-15)17(22)20-9-11-7-13(18)16-14(8-11)23-5-6-24-16/h3-4,7-8,10H,5-6,9H2,1-2H3,(H,20,22). The number of aromatic nitrogens is 1. The largest absolute Gasteiger partial charge is 0.486 e. The average Bonchev–Trinajstić information content (AvgIpc) is 2.60. The van der Waals surface area contributed by atoms with Crippen LogP contribution in [0.4, 0.5) is 5.82 Å². The van der Waals surface area contributed by atoms with Gasteiger partial charge in [-0.3, -0.25) is 4.79 Å². The van der Waals surface area contributed by atoms with E-state index in [0.717, 1.165) is 11.4 Å². The number of rotatable bonds is 4. The van der Waals surface area contributed by atoms with Crippen LogP contribution in [0, 0.1) is 0 Å². The van der Waals surface area contributed by atoms with Gasteiger partial charge in [-0.1, -0.05) is 11.6 Å². The summed E-state index contributed by atoms with van der Waals surface area (Å²) in [5, 5.41) is 3.33. The Morgan fingerprint density at radius 3 is 2.79 bits per heavy atom. The molecule has 7 heteroatoms. The molecule has 1 amide bonds. The maximum atomic E-state index is 12.2. The highest BCUT2D eigenvalue weighted by Gasteiger charge is 2.17. The van der Waals surface area contributed by atoms with Crippen molar-refractivity contribution in [3.63, 3.8) is 0 Å². The zero-order chi connectivity index (χ0) is 17.1. The smallest absolute Gasteiger partial charge is 0.253 e. The fraction of sp³-hybridized carbons (Fsp3) is 0.294. The number of pyridine rings is 1. The Balaban J connectivity index is 1.67. The number of carbonyl (C=O) groups is 1. The molecule has 0 atom stereocenters. The van der Waals surface area contributed by atoms with Crippen LogP contribution < -0.4 is 19.7 Å². The lowest BCUT2D eigenvalue weighted by Crippen LogP contribution is -2.23. The molecule has 0 bridgehead atoms. The fourth-order valence-corrected chi connectivity index (χ4v) is 2.62. The van der Waals surface area contributed by atoms with E-state index in [-0.39, 0.29) is 5.91 Å². The lowest BCUT2D eigenvalue weighted by molar-refractivity contribution is 0.0950. The van der Waals surface area contributed by atoms with Gasteiger partial charge in [0.25, 0.3) is 5.91 Å². The van der Waals surface area contributed by atoms with E-state index in [1.165, 1.54) is 0 Å². The number of hydrogen-bond donors (Lipinski definition) is 1. The van der Waals surface area contributed by atoms with E-state index < -0.39 is 0 Å². The minimum atomic E-state index is -0.196. The number of carbonyl (C=O) groups excluding carboxylic acids is 1. The molecule has 0 spiro atoms. The third-order valence-corrected chi connectivity index (χ3v) is 3.86. The highest BCUT2D eigenvalue weighted by molar-refractivity contribution is 6.32. The topological polar surface area (TPSA) is 63.7 Å². The van der Waals surface area contributed by atoms with Gasteiger partial charge in [-0.05, 0) is 29.8 Å². The maximum Gasteiger partial charge on any atom is 0.253 e. The van der Waals surface area contributed by atoms with Gasteiger partial charge >= 0.3 is 0 Å². The highest BCUT2D eigenvalue weighted by Crippen LogP contribution is 2.38. The van der Waals surface area contributed by atoms with Gasteiger partial charge in [0.1, 0.15) is 19.0 Å². The average molecular weight is 348 g/mol. The first-order valence-electron chi connectivity index (χ1n) is 7.54. The number of hydrogen-bond acceptors (Lipinski definition) is 5. The Morgan fingerprint density at radius 2 is 2.08 bits per heavy atom. The number of nitrogens with zero attached hydrogens (tertiary/aromatic N) is 2. The summed E-state index contributed by atoms with van der Waals surface area (Å²) in [6, 6.07) is 7.14. The highest BCUT2D eigenvalue weighted by atomic mass is 35.5. The van der Waals surface area contributed by atoms with Crippen molar-refractivity contribution in [3.8, 4) is 11.5 Å². The van der Waals surface area contributed by atoms with Crippen molar-refractivity contribution < 1.29 is 14.3 Å². The summed E-state index contributed by atoms with van der Waals surface area (Å²) < 4.78 is 11.0. The van der Waals surface area contributed by atoms with E-state index >= 15 is 0 Å². The molecule has 3 rings (SSSR count). The van der Waals surface area contributed by atoms with Crippen LogP contribution in [0.2, 0.25) is 5.02 Å². The molecule has 0 fully saturated rings. The number of ether oxygens (including phenoxy) is 2. The van der Waals surface area contributed by atoms with Gasteiger partial charge in [0, 0.05) is 26.8 Å². The second-order valence-corrected chi connectivity index (χ2v) is 5.99. The number of benzene rings is 1. The molecule has 126 valence electrons. The molecular formula is C17H18ClN3O3. The zero-order valence-corrected chi connectivity index (χ0v) is 14.3. The number of halogens is 1. The third-order valence-electron chi connectivity index (χ3n) is 3.58. The molecule has 0 unspecified atom stereocenters. The maximum absolute atomic E-state index is 12.2. The molecule has 24 heavy (non-hydrogen) atoms. The van der Waals surface area contributed by atoms with Crippen LogP contribution in [0.15, 0.2) is 30.5 Å². The van der Waals surface area contributed by atoms with Crippen molar-refractivity contribution in [3.05, 3.63) is 46.6 Å². The second kappa shape index (κ2) is 6.97. The molecule has 1 aromatic heterocycles. The lowest BCUT2D eigenvalue weighted by Gasteiger charge is -2.20. The minimum Gasteiger partial charge on any atom is -0.486 e. The molecule has 1 aliphatic rings. The molecule has 1 aromatic carbocycles. The van der Waals surface area contributed by atoms with Crippen molar-refractivity contribution in [1.82, 2.24) is 10.3 Å². The quantitative estimate of drug-likeness (QED) is 0.920. The predicted octanol–water partition coefficient (Wildman–Crippen LogP) is 2.50. The molecule has 0 radical (unpaired) electrons. The van der Waals surface area contributed by atoms with E-state index in [1.54, 1.807) is 24.4 Å². The first kappa shape index (κ1) is 16.4. The van der Waals surface area contributed by atoms with Crippen molar-refractivity contribution >= 4 is 23.3 Å². The molecule has 0 saturated heterocycles. The Hall–Kier alpha value is -2.47. The van der Waals surface area contributed by atoms with Crippen molar-refractivity contribution in [2.45, 2.75) is 6.54 Å². The van der Waals surface area contributed by atoms with E-state index in [4.69, 9.17) is 21.1 Å². The Morgan fingerprint density at radius 1 is 1.29 bits per heavy atom. The van der Waals surface area contributed by atoms with Crippen LogP contribution in [-0.2, 0) is 6.54 Å². The van der Waals surface area contributed by atoms with Gasteiger partial charge in [-0.25, -0.2) is 4.98 Å². The summed E-state index contributed by atoms with van der Waals surface area (Å²) in [5.74, 6) is 1.76. The van der Waals surface area contributed by atoms with Gasteiger partial charge in [-0.15, -0.1) is 0 Å². The van der Waals surface area contributed by atoms with Crippen LogP contribution in [0.3, 0.4) is 0 Å². The number of fused-ring (bicyclic) bond motifs is 1. The predicted molar refractivity (Wildman–Crippen MR) is 92.2 cm³/mol. The van der Waals surface area contributed by atoms with E-state index in [9.17, 15) is 4.79 Å². The number of nitrogens with one attached hydrogen (secondary N) is 1. The van der Waals surface area contributed by atoms with Crippen molar-refractivity contribution in [2.24, 2.45) is 0 Å². The monoisotopic (exact) mass is 347 g/mol. The number of amides is 1. The third kappa shape index (κ3) is 3.54. The van der Waals surface area contributed by atoms with Crippen LogP contribution in [0.25, 0.3) is 0 Å². The molecular weight excluding hydrogens is 330 g/mol. The minimum absolute atomic E-state index is 0.196. The molecule has 1 N–H and O–H groups in total. The summed E-state index contributed by atoms with van der Waals surface area (Å²) in [7, 11) is 3.79. The molecule has 2 heterocycles. The molecule has 0 aliphatic carbocycles. The summed E-state index contributed by atoms with van der Waals surface area (Å²) in [6.45, 7) is 1.31. The normalized spacial score (nSPS) is 12.6. The van der Waals surface area contributed by atoms with Gasteiger partial charge in [0.05, 0.1) is 10.6 Å². The van der Waals surface area contributed by atoms with E-state index in [0.29, 0.717) is 41.8 Å². The molecule has 0 saturated carbocycles. The van der Waals surface area contributed by atoms with Crippen LogP contribution >= 0.6 is 11.6 Å². The lowest BCUT2D eigenvalue weighted by atomic mass is 10.2. The first-order chi connectivity index (χ1) is 11.5. The second-order valence-electron chi connectivity index (χ2n) is 5.58.